The Hall–Kier alpha value is -2.91. The van der Waals surface area contributed by atoms with Crippen molar-refractivity contribution >= 4 is 28.6 Å². The molecule has 2 nitrogen and oxygen atoms in total. The molecule has 0 spiro atoms. The smallest absolute Gasteiger partial charge is 0.0941 e. The van der Waals surface area contributed by atoms with Crippen molar-refractivity contribution in [2.24, 2.45) is 0 Å². The highest BCUT2D eigenvalue weighted by Gasteiger charge is 2.25. The standard InChI is InChI=1S/C29H32N2S/c1-21(2)23-14-18-26(19-15-23)31(20-22-12-16-25(17-13-22)30(3)4)29(32)28-11-7-9-24-8-5-6-10-27(24)28/h5-8,10-19,21,28H,9,20H2,1-4H3. The van der Waals surface area contributed by atoms with Crippen LogP contribution in [0.4, 0.5) is 11.4 Å². The fourth-order valence-corrected chi connectivity index (χ4v) is 4.63. The molecule has 32 heavy (non-hydrogen) atoms. The minimum atomic E-state index is 0.112. The van der Waals surface area contributed by atoms with Crippen molar-refractivity contribution in [2.45, 2.75) is 38.6 Å². The van der Waals surface area contributed by atoms with Crippen molar-refractivity contribution in [3.05, 3.63) is 107 Å². The average Bonchev–Trinajstić information content (AvgIpc) is 2.82. The molecule has 4 rings (SSSR count). The van der Waals surface area contributed by atoms with Gasteiger partial charge in [-0.3, -0.25) is 0 Å². The second-order valence-corrected chi connectivity index (χ2v) is 9.46. The van der Waals surface area contributed by atoms with Gasteiger partial charge in [-0.25, -0.2) is 0 Å². The molecular formula is C29H32N2S. The van der Waals surface area contributed by atoms with Crippen molar-refractivity contribution in [1.82, 2.24) is 0 Å². The minimum absolute atomic E-state index is 0.112. The number of nitrogens with zero attached hydrogens (tertiary/aromatic N) is 2. The van der Waals surface area contributed by atoms with E-state index in [1.54, 1.807) is 0 Å². The van der Waals surface area contributed by atoms with Crippen molar-refractivity contribution in [1.29, 1.82) is 0 Å². The van der Waals surface area contributed by atoms with Gasteiger partial charge >= 0.3 is 0 Å². The van der Waals surface area contributed by atoms with E-state index in [4.69, 9.17) is 12.2 Å². The summed E-state index contributed by atoms with van der Waals surface area (Å²) in [5, 5.41) is 0. The van der Waals surface area contributed by atoms with Crippen LogP contribution in [-0.4, -0.2) is 19.1 Å². The monoisotopic (exact) mass is 440 g/mol. The van der Waals surface area contributed by atoms with Crippen LogP contribution >= 0.6 is 12.2 Å². The molecule has 0 radical (unpaired) electrons. The topological polar surface area (TPSA) is 6.48 Å². The average molecular weight is 441 g/mol. The molecule has 3 aromatic rings. The molecule has 0 amide bonds. The molecule has 0 saturated heterocycles. The van der Waals surface area contributed by atoms with Gasteiger partial charge < -0.3 is 9.80 Å². The summed E-state index contributed by atoms with van der Waals surface area (Å²) in [5.74, 6) is 0.622. The Kier molecular flexibility index (Phi) is 6.76. The molecule has 0 fully saturated rings. The van der Waals surface area contributed by atoms with Crippen LogP contribution in [-0.2, 0) is 13.0 Å². The molecule has 0 bridgehead atoms. The Morgan fingerprint density at radius 2 is 1.56 bits per heavy atom. The van der Waals surface area contributed by atoms with E-state index in [0.717, 1.165) is 23.6 Å². The maximum atomic E-state index is 6.17. The molecule has 1 atom stereocenters. The van der Waals surface area contributed by atoms with Gasteiger partial charge in [-0.2, -0.15) is 0 Å². The SMILES string of the molecule is CC(C)c1ccc(N(Cc2ccc(N(C)C)cc2)C(=S)C2C=CCc3ccccc32)cc1. The van der Waals surface area contributed by atoms with E-state index in [1.165, 1.54) is 27.9 Å². The highest BCUT2D eigenvalue weighted by Crippen LogP contribution is 2.32. The summed E-state index contributed by atoms with van der Waals surface area (Å²) in [5.41, 5.74) is 7.64. The van der Waals surface area contributed by atoms with Crippen molar-refractivity contribution in [2.75, 3.05) is 23.9 Å². The van der Waals surface area contributed by atoms with Crippen LogP contribution in [0.2, 0.25) is 0 Å². The molecule has 3 heteroatoms. The fraction of sp³-hybridized carbons (Fsp3) is 0.276. The second kappa shape index (κ2) is 9.70. The summed E-state index contributed by atoms with van der Waals surface area (Å²) < 4.78 is 0. The van der Waals surface area contributed by atoms with Gasteiger partial charge in [-0.1, -0.05) is 86.7 Å². The summed E-state index contributed by atoms with van der Waals surface area (Å²) >= 11 is 6.17. The first-order valence-electron chi connectivity index (χ1n) is 11.4. The fourth-order valence-electron chi connectivity index (χ4n) is 4.26. The lowest BCUT2D eigenvalue weighted by Crippen LogP contribution is -2.33. The third-order valence-corrected chi connectivity index (χ3v) is 6.73. The number of benzene rings is 3. The van der Waals surface area contributed by atoms with Gasteiger partial charge in [0.2, 0.25) is 0 Å². The van der Waals surface area contributed by atoms with Crippen LogP contribution in [0.5, 0.6) is 0 Å². The zero-order valence-electron chi connectivity index (χ0n) is 19.5. The zero-order chi connectivity index (χ0) is 22.7. The molecule has 164 valence electrons. The quantitative estimate of drug-likeness (QED) is 0.298. The predicted octanol–water partition coefficient (Wildman–Crippen LogP) is 7.11. The molecule has 1 unspecified atom stereocenters. The Labute approximate surface area is 198 Å². The molecule has 0 aliphatic heterocycles. The van der Waals surface area contributed by atoms with Crippen LogP contribution < -0.4 is 9.80 Å². The number of hydrogen-bond donors (Lipinski definition) is 0. The molecular weight excluding hydrogens is 408 g/mol. The van der Waals surface area contributed by atoms with Gasteiger partial charge in [0.1, 0.15) is 0 Å². The number of fused-ring (bicyclic) bond motifs is 1. The largest absolute Gasteiger partial charge is 0.378 e. The number of anilines is 2. The second-order valence-electron chi connectivity index (χ2n) is 9.04. The lowest BCUT2D eigenvalue weighted by atomic mass is 9.87. The summed E-state index contributed by atoms with van der Waals surface area (Å²) in [4.78, 5) is 5.38. The van der Waals surface area contributed by atoms with Crippen LogP contribution in [0.15, 0.2) is 84.9 Å². The first-order chi connectivity index (χ1) is 15.4. The number of hydrogen-bond acceptors (Lipinski definition) is 2. The normalized spacial score (nSPS) is 14.8. The third-order valence-electron chi connectivity index (χ3n) is 6.25. The highest BCUT2D eigenvalue weighted by atomic mass is 32.1. The van der Waals surface area contributed by atoms with Gasteiger partial charge in [-0.15, -0.1) is 0 Å². The third kappa shape index (κ3) is 4.78. The molecule has 3 aromatic carbocycles. The van der Waals surface area contributed by atoms with E-state index >= 15 is 0 Å². The van der Waals surface area contributed by atoms with E-state index in [0.29, 0.717) is 5.92 Å². The Morgan fingerprint density at radius 3 is 2.22 bits per heavy atom. The first kappa shape index (κ1) is 22.3. The maximum absolute atomic E-state index is 6.17. The lowest BCUT2D eigenvalue weighted by molar-refractivity contribution is 0.865. The van der Waals surface area contributed by atoms with E-state index in [2.05, 4.69) is 123 Å². The summed E-state index contributed by atoms with van der Waals surface area (Å²) in [6.07, 6.45) is 5.50. The number of thiocarbonyl (C=S) groups is 1. The summed E-state index contributed by atoms with van der Waals surface area (Å²) in [7, 11) is 4.14. The number of allylic oxidation sites excluding steroid dienone is 1. The highest BCUT2D eigenvalue weighted by molar-refractivity contribution is 7.80. The van der Waals surface area contributed by atoms with Gasteiger partial charge in [0.05, 0.1) is 10.9 Å². The number of rotatable bonds is 6. The zero-order valence-corrected chi connectivity index (χ0v) is 20.3. The molecule has 0 heterocycles. The van der Waals surface area contributed by atoms with Crippen molar-refractivity contribution in [3.63, 3.8) is 0 Å². The summed E-state index contributed by atoms with van der Waals surface area (Å²) in [6.45, 7) is 5.21. The van der Waals surface area contributed by atoms with Crippen LogP contribution in [0.3, 0.4) is 0 Å². The van der Waals surface area contributed by atoms with Crippen LogP contribution in [0.1, 0.15) is 47.9 Å². The molecule has 1 aliphatic rings. The maximum Gasteiger partial charge on any atom is 0.0941 e. The predicted molar refractivity (Wildman–Crippen MR) is 142 cm³/mol. The Balaban J connectivity index is 1.69. The van der Waals surface area contributed by atoms with Crippen molar-refractivity contribution < 1.29 is 0 Å². The summed E-state index contributed by atoms with van der Waals surface area (Å²) in [6, 6.07) is 26.3. The van der Waals surface area contributed by atoms with E-state index < -0.39 is 0 Å². The molecule has 0 aromatic heterocycles. The first-order valence-corrected chi connectivity index (χ1v) is 11.8. The van der Waals surface area contributed by atoms with E-state index in [9.17, 15) is 0 Å². The minimum Gasteiger partial charge on any atom is -0.378 e. The van der Waals surface area contributed by atoms with Gasteiger partial charge in [0.25, 0.3) is 0 Å². The van der Waals surface area contributed by atoms with Gasteiger partial charge in [-0.05, 0) is 58.9 Å². The van der Waals surface area contributed by atoms with E-state index in [-0.39, 0.29) is 5.92 Å². The van der Waals surface area contributed by atoms with Crippen LogP contribution in [0.25, 0.3) is 0 Å². The Bertz CT molecular complexity index is 1090. The van der Waals surface area contributed by atoms with E-state index in [1.807, 2.05) is 0 Å². The van der Waals surface area contributed by atoms with Crippen molar-refractivity contribution in [3.8, 4) is 0 Å². The van der Waals surface area contributed by atoms with Crippen LogP contribution in [0, 0.1) is 0 Å². The van der Waals surface area contributed by atoms with Gasteiger partial charge in [0, 0.05) is 32.0 Å². The Morgan fingerprint density at radius 1 is 0.906 bits per heavy atom. The molecule has 0 saturated carbocycles. The molecule has 1 aliphatic carbocycles. The van der Waals surface area contributed by atoms with Gasteiger partial charge in [0.15, 0.2) is 0 Å². The lowest BCUT2D eigenvalue weighted by Gasteiger charge is -2.32. The molecule has 0 N–H and O–H groups in total.